The molecule has 158 valence electrons. The van der Waals surface area contributed by atoms with E-state index < -0.39 is 6.36 Å². The number of hydrogen-bond donors (Lipinski definition) is 2. The number of benzene rings is 2. The Morgan fingerprint density at radius 3 is 2.40 bits per heavy atom. The summed E-state index contributed by atoms with van der Waals surface area (Å²) in [5.74, 6) is 0.623. The fourth-order valence-corrected chi connectivity index (χ4v) is 2.45. The number of aliphatic imine (C=N–C) groups is 1. The monoisotopic (exact) mass is 420 g/mol. The van der Waals surface area contributed by atoms with Gasteiger partial charge < -0.3 is 20.5 Å². The molecule has 0 radical (unpaired) electrons. The minimum atomic E-state index is -4.72. The second-order valence-electron chi connectivity index (χ2n) is 6.10. The number of hydrogen-bond acceptors (Lipinski definition) is 5. The molecule has 3 N–H and O–H groups in total. The summed E-state index contributed by atoms with van der Waals surface area (Å²) in [7, 11) is 1.59. The Morgan fingerprint density at radius 2 is 1.77 bits per heavy atom. The molecule has 1 heterocycles. The van der Waals surface area contributed by atoms with Crippen LogP contribution < -0.4 is 20.5 Å². The molecule has 8 nitrogen and oxygen atoms in total. The highest BCUT2D eigenvalue weighted by Gasteiger charge is 2.30. The zero-order chi connectivity index (χ0) is 21.6. The van der Waals surface area contributed by atoms with Crippen LogP contribution in [0, 0.1) is 0 Å². The molecule has 0 amide bonds. The van der Waals surface area contributed by atoms with Crippen LogP contribution in [0.25, 0.3) is 5.69 Å². The predicted molar refractivity (Wildman–Crippen MR) is 103 cm³/mol. The van der Waals surface area contributed by atoms with Crippen LogP contribution in [0.3, 0.4) is 0 Å². The number of methoxy groups -OCH3 is 1. The maximum atomic E-state index is 12.2. The van der Waals surface area contributed by atoms with E-state index in [-0.39, 0.29) is 18.3 Å². The Kier molecular flexibility index (Phi) is 6.40. The lowest BCUT2D eigenvalue weighted by molar-refractivity contribution is -0.274. The van der Waals surface area contributed by atoms with E-state index in [0.29, 0.717) is 17.8 Å². The highest BCUT2D eigenvalue weighted by atomic mass is 19.4. The number of nitrogens with two attached hydrogens (primary N) is 1. The average molecular weight is 420 g/mol. The zero-order valence-corrected chi connectivity index (χ0v) is 15.9. The minimum Gasteiger partial charge on any atom is -0.497 e. The number of nitrogens with one attached hydrogen (secondary N) is 1. The van der Waals surface area contributed by atoms with Gasteiger partial charge in [-0.2, -0.15) is 0 Å². The smallest absolute Gasteiger partial charge is 0.497 e. The van der Waals surface area contributed by atoms with Crippen LogP contribution in [0.4, 0.5) is 13.2 Å². The third-order valence-electron chi connectivity index (χ3n) is 3.92. The third kappa shape index (κ3) is 6.12. The number of ether oxygens (including phenoxy) is 2. The molecule has 0 aliphatic rings. The largest absolute Gasteiger partial charge is 0.573 e. The molecule has 0 aliphatic carbocycles. The van der Waals surface area contributed by atoms with Gasteiger partial charge in [0.2, 0.25) is 0 Å². The molecule has 2 aromatic carbocycles. The summed E-state index contributed by atoms with van der Waals surface area (Å²) in [6.07, 6.45) is -2.97. The van der Waals surface area contributed by atoms with E-state index in [2.05, 4.69) is 25.4 Å². The molecule has 0 atom stereocenters. The van der Waals surface area contributed by atoms with E-state index in [9.17, 15) is 13.2 Å². The van der Waals surface area contributed by atoms with Crippen molar-refractivity contribution in [3.8, 4) is 17.2 Å². The van der Waals surface area contributed by atoms with Gasteiger partial charge in [0.15, 0.2) is 5.96 Å². The quantitative estimate of drug-likeness (QED) is 0.451. The number of halogens is 3. The van der Waals surface area contributed by atoms with E-state index in [1.807, 2.05) is 24.3 Å². The first-order valence-corrected chi connectivity index (χ1v) is 8.76. The van der Waals surface area contributed by atoms with E-state index in [4.69, 9.17) is 10.5 Å². The fourth-order valence-electron chi connectivity index (χ4n) is 2.45. The van der Waals surface area contributed by atoms with Crippen LogP contribution in [0.1, 0.15) is 11.3 Å². The van der Waals surface area contributed by atoms with Crippen LogP contribution in [0.15, 0.2) is 59.7 Å². The summed E-state index contributed by atoms with van der Waals surface area (Å²) < 4.78 is 47.1. The summed E-state index contributed by atoms with van der Waals surface area (Å²) >= 11 is 0. The Hall–Kier alpha value is -3.76. The minimum absolute atomic E-state index is 0.171. The van der Waals surface area contributed by atoms with Crippen molar-refractivity contribution in [2.75, 3.05) is 7.11 Å². The molecular weight excluding hydrogens is 401 g/mol. The average Bonchev–Trinajstić information content (AvgIpc) is 3.20. The van der Waals surface area contributed by atoms with Crippen molar-refractivity contribution < 1.29 is 22.6 Å². The number of guanidine groups is 1. The lowest BCUT2D eigenvalue weighted by Gasteiger charge is -2.09. The summed E-state index contributed by atoms with van der Waals surface area (Å²) in [4.78, 5) is 4.15. The normalized spacial score (nSPS) is 11.9. The van der Waals surface area contributed by atoms with Gasteiger partial charge in [-0.15, -0.1) is 18.3 Å². The summed E-state index contributed by atoms with van der Waals surface area (Å²) in [5.41, 5.74) is 7.99. The van der Waals surface area contributed by atoms with Gasteiger partial charge in [-0.3, -0.25) is 0 Å². The predicted octanol–water partition coefficient (Wildman–Crippen LogP) is 2.78. The molecule has 11 heteroatoms. The molecule has 3 aromatic rings. The van der Waals surface area contributed by atoms with Gasteiger partial charge in [0.1, 0.15) is 17.2 Å². The standard InChI is InChI=1S/C19H19F3N6O2/c1-29-16-8-4-15(5-9-16)28-12-14(26-27-28)11-25-18(23)24-10-13-2-6-17(7-3-13)30-19(20,21)22/h2-9,12H,10-11H2,1H3,(H3,23,24,25). The first-order valence-electron chi connectivity index (χ1n) is 8.76. The summed E-state index contributed by atoms with van der Waals surface area (Å²) in [6.45, 7) is 0.507. The van der Waals surface area contributed by atoms with Crippen LogP contribution in [0.5, 0.6) is 11.5 Å². The van der Waals surface area contributed by atoms with Gasteiger partial charge in [-0.05, 0) is 42.0 Å². The SMILES string of the molecule is COc1ccc(-n2cc(CNC(N)=NCc3ccc(OC(F)(F)F)cc3)nn2)cc1. The van der Waals surface area contributed by atoms with Crippen molar-refractivity contribution in [3.63, 3.8) is 0 Å². The molecule has 30 heavy (non-hydrogen) atoms. The van der Waals surface area contributed by atoms with Crippen molar-refractivity contribution in [2.24, 2.45) is 10.7 Å². The van der Waals surface area contributed by atoms with Crippen molar-refractivity contribution in [3.05, 3.63) is 66.0 Å². The van der Waals surface area contributed by atoms with Crippen LogP contribution in [0.2, 0.25) is 0 Å². The first kappa shape index (κ1) is 21.0. The van der Waals surface area contributed by atoms with E-state index in [0.717, 1.165) is 11.4 Å². The highest BCUT2D eigenvalue weighted by Crippen LogP contribution is 2.22. The Balaban J connectivity index is 1.51. The molecular formula is C19H19F3N6O2. The van der Waals surface area contributed by atoms with Gasteiger partial charge >= 0.3 is 6.36 Å². The number of rotatable bonds is 7. The number of alkyl halides is 3. The van der Waals surface area contributed by atoms with E-state index in [1.165, 1.54) is 24.3 Å². The van der Waals surface area contributed by atoms with E-state index in [1.54, 1.807) is 18.0 Å². The summed E-state index contributed by atoms with van der Waals surface area (Å²) in [6, 6.07) is 12.8. The Morgan fingerprint density at radius 1 is 1.10 bits per heavy atom. The lowest BCUT2D eigenvalue weighted by Crippen LogP contribution is -2.31. The third-order valence-corrected chi connectivity index (χ3v) is 3.92. The molecule has 0 spiro atoms. The van der Waals surface area contributed by atoms with Gasteiger partial charge in [0, 0.05) is 0 Å². The first-order chi connectivity index (χ1) is 14.3. The summed E-state index contributed by atoms with van der Waals surface area (Å²) in [5, 5.41) is 11.0. The van der Waals surface area contributed by atoms with Gasteiger partial charge in [0.25, 0.3) is 0 Å². The van der Waals surface area contributed by atoms with Crippen molar-refractivity contribution >= 4 is 5.96 Å². The Labute approximate surface area is 170 Å². The lowest BCUT2D eigenvalue weighted by atomic mass is 10.2. The highest BCUT2D eigenvalue weighted by molar-refractivity contribution is 5.77. The van der Waals surface area contributed by atoms with Gasteiger partial charge in [0.05, 0.1) is 32.1 Å². The second-order valence-corrected chi connectivity index (χ2v) is 6.10. The van der Waals surface area contributed by atoms with Gasteiger partial charge in [-0.25, -0.2) is 9.67 Å². The molecule has 1 aromatic heterocycles. The van der Waals surface area contributed by atoms with E-state index >= 15 is 0 Å². The maximum Gasteiger partial charge on any atom is 0.573 e. The Bertz CT molecular complexity index is 985. The van der Waals surface area contributed by atoms with Crippen molar-refractivity contribution in [1.29, 1.82) is 0 Å². The van der Waals surface area contributed by atoms with Gasteiger partial charge in [-0.1, -0.05) is 17.3 Å². The zero-order valence-electron chi connectivity index (χ0n) is 15.9. The topological polar surface area (TPSA) is 99.6 Å². The van der Waals surface area contributed by atoms with Crippen LogP contribution >= 0.6 is 0 Å². The molecule has 0 saturated carbocycles. The molecule has 0 bridgehead atoms. The van der Waals surface area contributed by atoms with Crippen molar-refractivity contribution in [1.82, 2.24) is 20.3 Å². The van der Waals surface area contributed by atoms with Crippen LogP contribution in [-0.4, -0.2) is 34.4 Å². The number of aromatic nitrogens is 3. The van der Waals surface area contributed by atoms with Crippen molar-refractivity contribution in [2.45, 2.75) is 19.5 Å². The molecule has 3 rings (SSSR count). The molecule has 0 fully saturated rings. The molecule has 0 unspecified atom stereocenters. The number of nitrogens with zero attached hydrogens (tertiary/aromatic N) is 4. The maximum absolute atomic E-state index is 12.2. The van der Waals surface area contributed by atoms with Crippen LogP contribution in [-0.2, 0) is 13.1 Å². The molecule has 0 saturated heterocycles. The molecule has 0 aliphatic heterocycles. The second kappa shape index (κ2) is 9.16. The fraction of sp³-hybridized carbons (Fsp3) is 0.211.